The molecule has 2 aliphatic heterocycles. The summed E-state index contributed by atoms with van der Waals surface area (Å²) in [4.78, 5) is 26.9. The molecule has 4 rings (SSSR count). The monoisotopic (exact) mass is 470 g/mol. The molecule has 2 saturated heterocycles. The van der Waals surface area contributed by atoms with E-state index in [1.54, 1.807) is 41.3 Å². The van der Waals surface area contributed by atoms with Crippen molar-refractivity contribution in [2.24, 2.45) is 0 Å². The number of nitrogens with zero attached hydrogens (tertiary/aromatic N) is 2. The van der Waals surface area contributed by atoms with Crippen LogP contribution in [0.15, 0.2) is 42.5 Å². The van der Waals surface area contributed by atoms with Gasteiger partial charge in [-0.25, -0.2) is 9.18 Å². The highest BCUT2D eigenvalue weighted by molar-refractivity contribution is 6.33. The van der Waals surface area contributed by atoms with E-state index in [-0.39, 0.29) is 37.9 Å². The van der Waals surface area contributed by atoms with Crippen LogP contribution in [0, 0.1) is 11.3 Å². The lowest BCUT2D eigenvalue weighted by atomic mass is 9.85. The summed E-state index contributed by atoms with van der Waals surface area (Å²) in [6, 6.07) is 12.7. The van der Waals surface area contributed by atoms with Gasteiger partial charge in [-0.3, -0.25) is 4.79 Å². The van der Waals surface area contributed by atoms with Gasteiger partial charge in [-0.05, 0) is 42.3 Å². The van der Waals surface area contributed by atoms with Crippen molar-refractivity contribution in [2.45, 2.75) is 31.0 Å². The second kappa shape index (κ2) is 9.77. The molecule has 0 bridgehead atoms. The number of piperidine rings is 1. The van der Waals surface area contributed by atoms with Gasteiger partial charge in [0.2, 0.25) is 0 Å². The van der Waals surface area contributed by atoms with E-state index in [9.17, 15) is 9.59 Å². The normalized spacial score (nSPS) is 19.5. The Morgan fingerprint density at radius 2 is 1.91 bits per heavy atom. The molecule has 3 amide bonds. The van der Waals surface area contributed by atoms with Crippen molar-refractivity contribution in [3.63, 3.8) is 0 Å². The first-order valence-electron chi connectivity index (χ1n) is 10.8. The van der Waals surface area contributed by atoms with Crippen LogP contribution in [0.4, 0.5) is 14.9 Å². The van der Waals surface area contributed by atoms with Crippen LogP contribution in [-0.2, 0) is 10.4 Å². The lowest BCUT2D eigenvalue weighted by molar-refractivity contribution is 0.0421. The molecule has 2 aromatic rings. The number of nitriles is 1. The quantitative estimate of drug-likeness (QED) is 0.699. The Bertz CT molecular complexity index is 1070. The Labute approximate surface area is 196 Å². The predicted octanol–water partition coefficient (Wildman–Crippen LogP) is 4.22. The number of carbonyl (C=O) groups is 2. The number of amides is 3. The van der Waals surface area contributed by atoms with E-state index in [1.165, 1.54) is 6.07 Å². The van der Waals surface area contributed by atoms with E-state index >= 15 is 4.39 Å². The standard InChI is InChI=1S/C24H24ClFN4O3/c25-20-6-3-17(13-21(20)29-23(32)28-19-7-12-33-15-19)22(31)30-10-8-24(26,9-11-30)18-4-1-16(14-27)2-5-18/h1-6,13,19H,7-12,15H2,(H2,28,29,32)/t19-/m1/s1. The number of alkyl halides is 1. The van der Waals surface area contributed by atoms with Crippen molar-refractivity contribution in [2.75, 3.05) is 31.6 Å². The van der Waals surface area contributed by atoms with Gasteiger partial charge in [0.15, 0.2) is 0 Å². The first-order chi connectivity index (χ1) is 15.9. The lowest BCUT2D eigenvalue weighted by Crippen LogP contribution is -2.43. The molecular formula is C24H24ClFN4O3. The number of halogens is 2. The topological polar surface area (TPSA) is 94.5 Å². The molecule has 0 spiro atoms. The number of nitrogens with one attached hydrogen (secondary N) is 2. The van der Waals surface area contributed by atoms with Gasteiger partial charge in [0, 0.05) is 38.1 Å². The highest BCUT2D eigenvalue weighted by Crippen LogP contribution is 2.37. The van der Waals surface area contributed by atoms with Crippen LogP contribution in [0.5, 0.6) is 0 Å². The zero-order chi connectivity index (χ0) is 23.4. The van der Waals surface area contributed by atoms with Crippen LogP contribution in [0.3, 0.4) is 0 Å². The van der Waals surface area contributed by atoms with E-state index in [0.29, 0.717) is 40.6 Å². The molecule has 0 saturated carbocycles. The minimum absolute atomic E-state index is 0.0565. The second-order valence-electron chi connectivity index (χ2n) is 8.30. The van der Waals surface area contributed by atoms with Crippen LogP contribution in [0.2, 0.25) is 5.02 Å². The second-order valence-corrected chi connectivity index (χ2v) is 8.71. The molecule has 0 radical (unpaired) electrons. The number of carbonyl (C=O) groups excluding carboxylic acids is 2. The predicted molar refractivity (Wildman–Crippen MR) is 122 cm³/mol. The zero-order valence-corrected chi connectivity index (χ0v) is 18.7. The highest BCUT2D eigenvalue weighted by atomic mass is 35.5. The van der Waals surface area contributed by atoms with Gasteiger partial charge in [0.25, 0.3) is 5.91 Å². The zero-order valence-electron chi connectivity index (χ0n) is 17.9. The van der Waals surface area contributed by atoms with E-state index in [0.717, 1.165) is 6.42 Å². The van der Waals surface area contributed by atoms with Gasteiger partial charge < -0.3 is 20.3 Å². The van der Waals surface area contributed by atoms with Gasteiger partial charge in [-0.1, -0.05) is 23.7 Å². The number of hydrogen-bond donors (Lipinski definition) is 2. The van der Waals surface area contributed by atoms with Crippen LogP contribution in [0.1, 0.15) is 40.7 Å². The number of ether oxygens (including phenoxy) is 1. The van der Waals surface area contributed by atoms with Gasteiger partial charge in [-0.2, -0.15) is 5.26 Å². The summed E-state index contributed by atoms with van der Waals surface area (Å²) >= 11 is 6.21. The largest absolute Gasteiger partial charge is 0.379 e. The molecule has 2 aromatic carbocycles. The Balaban J connectivity index is 1.39. The maximum absolute atomic E-state index is 15.5. The Hall–Kier alpha value is -3.15. The molecule has 9 heteroatoms. The fourth-order valence-electron chi connectivity index (χ4n) is 4.13. The minimum atomic E-state index is -1.54. The van der Waals surface area contributed by atoms with Gasteiger partial charge in [-0.15, -0.1) is 0 Å². The van der Waals surface area contributed by atoms with Crippen molar-refractivity contribution in [3.05, 3.63) is 64.2 Å². The van der Waals surface area contributed by atoms with Gasteiger partial charge >= 0.3 is 6.03 Å². The van der Waals surface area contributed by atoms with E-state index in [1.807, 2.05) is 6.07 Å². The molecule has 172 valence electrons. The third-order valence-corrected chi connectivity index (χ3v) is 6.43. The summed E-state index contributed by atoms with van der Waals surface area (Å²) in [5.41, 5.74) is 0.147. The van der Waals surface area contributed by atoms with Crippen LogP contribution in [0.25, 0.3) is 0 Å². The van der Waals surface area contributed by atoms with Gasteiger partial charge in [0.1, 0.15) is 5.67 Å². The molecule has 0 aromatic heterocycles. The smallest absolute Gasteiger partial charge is 0.319 e. The first kappa shape index (κ1) is 23.0. The maximum atomic E-state index is 15.5. The third kappa shape index (κ3) is 5.27. The average Bonchev–Trinajstić information content (AvgIpc) is 3.33. The van der Waals surface area contributed by atoms with Crippen molar-refractivity contribution in [1.29, 1.82) is 5.26 Å². The van der Waals surface area contributed by atoms with Crippen molar-refractivity contribution < 1.29 is 18.7 Å². The summed E-state index contributed by atoms with van der Waals surface area (Å²) in [6.07, 6.45) is 1.07. The van der Waals surface area contributed by atoms with Crippen molar-refractivity contribution in [3.8, 4) is 6.07 Å². The summed E-state index contributed by atoms with van der Waals surface area (Å²) in [5, 5.41) is 14.7. The fourth-order valence-corrected chi connectivity index (χ4v) is 4.29. The molecule has 0 unspecified atom stereocenters. The van der Waals surface area contributed by atoms with Crippen LogP contribution in [-0.4, -0.2) is 49.2 Å². The molecule has 0 aliphatic carbocycles. The summed E-state index contributed by atoms with van der Waals surface area (Å²) < 4.78 is 20.8. The molecule has 2 aliphatic rings. The van der Waals surface area contributed by atoms with Crippen molar-refractivity contribution in [1.82, 2.24) is 10.2 Å². The average molecular weight is 471 g/mol. The molecule has 7 nitrogen and oxygen atoms in total. The Kier molecular flexibility index (Phi) is 6.82. The fraction of sp³-hybridized carbons (Fsp3) is 0.375. The molecule has 2 N–H and O–H groups in total. The van der Waals surface area contributed by atoms with E-state index in [4.69, 9.17) is 21.6 Å². The molecule has 2 fully saturated rings. The Morgan fingerprint density at radius 3 is 2.55 bits per heavy atom. The summed E-state index contributed by atoms with van der Waals surface area (Å²) in [5.74, 6) is -0.249. The summed E-state index contributed by atoms with van der Waals surface area (Å²) in [6.45, 7) is 1.58. The number of likely N-dealkylation sites (tertiary alicyclic amines) is 1. The lowest BCUT2D eigenvalue weighted by Gasteiger charge is -2.36. The Morgan fingerprint density at radius 1 is 1.18 bits per heavy atom. The number of urea groups is 1. The first-order valence-corrected chi connectivity index (χ1v) is 11.2. The molecule has 1 atom stereocenters. The molecule has 33 heavy (non-hydrogen) atoms. The number of hydrogen-bond acceptors (Lipinski definition) is 4. The maximum Gasteiger partial charge on any atom is 0.319 e. The SMILES string of the molecule is N#Cc1ccc(C2(F)CCN(C(=O)c3ccc(Cl)c(NC(=O)N[C@@H]4CCOC4)c3)CC2)cc1. The minimum Gasteiger partial charge on any atom is -0.379 e. The van der Waals surface area contributed by atoms with Crippen molar-refractivity contribution >= 4 is 29.2 Å². The van der Waals surface area contributed by atoms with Crippen LogP contribution < -0.4 is 10.6 Å². The van der Waals surface area contributed by atoms with E-state index < -0.39 is 11.7 Å². The third-order valence-electron chi connectivity index (χ3n) is 6.10. The van der Waals surface area contributed by atoms with E-state index in [2.05, 4.69) is 10.6 Å². The summed E-state index contributed by atoms with van der Waals surface area (Å²) in [7, 11) is 0. The highest BCUT2D eigenvalue weighted by Gasteiger charge is 2.37. The van der Waals surface area contributed by atoms with Crippen LogP contribution >= 0.6 is 11.6 Å². The number of benzene rings is 2. The van der Waals surface area contributed by atoms with Gasteiger partial charge in [0.05, 0.1) is 35.0 Å². The molecular weight excluding hydrogens is 447 g/mol. The molecule has 2 heterocycles. The number of rotatable bonds is 4. The number of anilines is 1.